The second kappa shape index (κ2) is 8.60. The summed E-state index contributed by atoms with van der Waals surface area (Å²) in [4.78, 5) is 2.46. The van der Waals surface area contributed by atoms with Crippen molar-refractivity contribution in [1.82, 2.24) is 4.90 Å². The van der Waals surface area contributed by atoms with Gasteiger partial charge in [0.05, 0.1) is 11.6 Å². The van der Waals surface area contributed by atoms with Crippen LogP contribution < -0.4 is 5.32 Å². The van der Waals surface area contributed by atoms with Gasteiger partial charge >= 0.3 is 0 Å². The first-order valence-corrected chi connectivity index (χ1v) is 7.60. The second-order valence-corrected chi connectivity index (χ2v) is 5.36. The fourth-order valence-corrected chi connectivity index (χ4v) is 2.40. The van der Waals surface area contributed by atoms with E-state index >= 15 is 0 Å². The topological polar surface area (TPSA) is 39.1 Å². The first kappa shape index (κ1) is 16.5. The molecule has 20 heavy (non-hydrogen) atoms. The number of nitriles is 1. The van der Waals surface area contributed by atoms with E-state index < -0.39 is 0 Å². The minimum absolute atomic E-state index is 0.456. The van der Waals surface area contributed by atoms with Crippen LogP contribution in [0.3, 0.4) is 0 Å². The Kier molecular flexibility index (Phi) is 7.11. The van der Waals surface area contributed by atoms with Crippen molar-refractivity contribution in [3.63, 3.8) is 0 Å². The van der Waals surface area contributed by atoms with Crippen molar-refractivity contribution in [3.05, 3.63) is 29.3 Å². The maximum absolute atomic E-state index is 8.93. The predicted octanol–water partition coefficient (Wildman–Crippen LogP) is 3.79. The molecule has 1 atom stereocenters. The van der Waals surface area contributed by atoms with E-state index in [1.807, 2.05) is 19.1 Å². The molecule has 0 aliphatic heterocycles. The summed E-state index contributed by atoms with van der Waals surface area (Å²) >= 11 is 0. The number of rotatable bonds is 8. The third kappa shape index (κ3) is 5.22. The van der Waals surface area contributed by atoms with E-state index in [9.17, 15) is 0 Å². The number of benzene rings is 1. The van der Waals surface area contributed by atoms with Gasteiger partial charge in [-0.3, -0.25) is 0 Å². The van der Waals surface area contributed by atoms with Gasteiger partial charge in [-0.05, 0) is 70.1 Å². The zero-order chi connectivity index (χ0) is 15.0. The Morgan fingerprint density at radius 3 is 2.55 bits per heavy atom. The first-order valence-electron chi connectivity index (χ1n) is 7.60. The number of nitrogens with zero attached hydrogens (tertiary/aromatic N) is 2. The summed E-state index contributed by atoms with van der Waals surface area (Å²) in [7, 11) is 0. The van der Waals surface area contributed by atoms with Crippen molar-refractivity contribution in [2.24, 2.45) is 0 Å². The Morgan fingerprint density at radius 2 is 2.00 bits per heavy atom. The van der Waals surface area contributed by atoms with Gasteiger partial charge in [0.1, 0.15) is 0 Å². The summed E-state index contributed by atoms with van der Waals surface area (Å²) in [6, 6.07) is 8.60. The van der Waals surface area contributed by atoms with Crippen molar-refractivity contribution >= 4 is 5.69 Å². The van der Waals surface area contributed by atoms with E-state index in [0.717, 1.165) is 36.3 Å². The first-order chi connectivity index (χ1) is 9.60. The molecule has 0 aliphatic carbocycles. The Balaban J connectivity index is 2.41. The summed E-state index contributed by atoms with van der Waals surface area (Å²) < 4.78 is 0. The number of aryl methyl sites for hydroxylation is 1. The molecule has 1 aromatic carbocycles. The molecule has 0 fully saturated rings. The van der Waals surface area contributed by atoms with E-state index in [2.05, 4.69) is 43.1 Å². The molecular weight excluding hydrogens is 246 g/mol. The number of nitrogens with one attached hydrogen (secondary N) is 1. The van der Waals surface area contributed by atoms with Crippen LogP contribution in [0.2, 0.25) is 0 Å². The van der Waals surface area contributed by atoms with E-state index in [-0.39, 0.29) is 0 Å². The second-order valence-electron chi connectivity index (χ2n) is 5.36. The monoisotopic (exact) mass is 273 g/mol. The summed E-state index contributed by atoms with van der Waals surface area (Å²) in [6.07, 6.45) is 2.38. The molecular formula is C17H27N3. The summed E-state index contributed by atoms with van der Waals surface area (Å²) in [5, 5.41) is 12.4. The van der Waals surface area contributed by atoms with E-state index in [1.54, 1.807) is 0 Å². The fraction of sp³-hybridized carbons (Fsp3) is 0.588. The fourth-order valence-electron chi connectivity index (χ4n) is 2.40. The van der Waals surface area contributed by atoms with Crippen molar-refractivity contribution in [3.8, 4) is 6.07 Å². The van der Waals surface area contributed by atoms with Gasteiger partial charge in [-0.2, -0.15) is 5.26 Å². The lowest BCUT2D eigenvalue weighted by atomic mass is 10.1. The van der Waals surface area contributed by atoms with E-state index in [0.29, 0.717) is 6.04 Å². The van der Waals surface area contributed by atoms with Crippen LogP contribution in [0.1, 0.15) is 44.7 Å². The Morgan fingerprint density at radius 1 is 1.30 bits per heavy atom. The number of hydrogen-bond donors (Lipinski definition) is 1. The van der Waals surface area contributed by atoms with Gasteiger partial charge in [-0.15, -0.1) is 0 Å². The zero-order valence-corrected chi connectivity index (χ0v) is 13.2. The highest BCUT2D eigenvalue weighted by Crippen LogP contribution is 2.16. The normalized spacial score (nSPS) is 12.2. The average Bonchev–Trinajstić information content (AvgIpc) is 2.44. The zero-order valence-electron chi connectivity index (χ0n) is 13.2. The minimum Gasteiger partial charge on any atom is -0.383 e. The molecule has 110 valence electrons. The van der Waals surface area contributed by atoms with Crippen LogP contribution in [0, 0.1) is 18.3 Å². The van der Waals surface area contributed by atoms with Gasteiger partial charge < -0.3 is 10.2 Å². The maximum atomic E-state index is 8.93. The quantitative estimate of drug-likeness (QED) is 0.783. The third-order valence-electron chi connectivity index (χ3n) is 3.77. The van der Waals surface area contributed by atoms with Crippen LogP contribution >= 0.6 is 0 Å². The lowest BCUT2D eigenvalue weighted by molar-refractivity contribution is 0.295. The molecule has 1 aromatic rings. The highest BCUT2D eigenvalue weighted by Gasteiger charge is 2.05. The van der Waals surface area contributed by atoms with Crippen LogP contribution in [0.4, 0.5) is 5.69 Å². The maximum Gasteiger partial charge on any atom is 0.0994 e. The summed E-state index contributed by atoms with van der Waals surface area (Å²) in [5.41, 5.74) is 2.90. The standard InChI is InChI=1S/C17H27N3/c1-5-20(6-2)11-7-8-15(4)19-17-10-9-16(13-18)14(3)12-17/h9-10,12,15,19H,5-8,11H2,1-4H3. The van der Waals surface area contributed by atoms with Gasteiger partial charge in [0.15, 0.2) is 0 Å². The molecule has 1 unspecified atom stereocenters. The minimum atomic E-state index is 0.456. The molecule has 1 N–H and O–H groups in total. The van der Waals surface area contributed by atoms with Crippen molar-refractivity contribution in [1.29, 1.82) is 5.26 Å². The molecule has 3 heteroatoms. The molecule has 1 rings (SSSR count). The highest BCUT2D eigenvalue weighted by atomic mass is 15.1. The van der Waals surface area contributed by atoms with Crippen LogP contribution in [-0.4, -0.2) is 30.6 Å². The predicted molar refractivity (Wildman–Crippen MR) is 86.0 cm³/mol. The lowest BCUT2D eigenvalue weighted by Crippen LogP contribution is -2.25. The number of anilines is 1. The van der Waals surface area contributed by atoms with Gasteiger partial charge in [-0.1, -0.05) is 13.8 Å². The van der Waals surface area contributed by atoms with E-state index in [1.165, 1.54) is 13.0 Å². The highest BCUT2D eigenvalue weighted by molar-refractivity contribution is 5.51. The summed E-state index contributed by atoms with van der Waals surface area (Å²) in [6.45, 7) is 12.1. The van der Waals surface area contributed by atoms with Gasteiger partial charge in [0, 0.05) is 11.7 Å². The molecule has 0 spiro atoms. The van der Waals surface area contributed by atoms with Crippen LogP contribution in [0.15, 0.2) is 18.2 Å². The SMILES string of the molecule is CCN(CC)CCCC(C)Nc1ccc(C#N)c(C)c1. The van der Waals surface area contributed by atoms with Crippen LogP contribution in [0.25, 0.3) is 0 Å². The molecule has 0 saturated heterocycles. The van der Waals surface area contributed by atoms with Crippen molar-refractivity contribution in [2.45, 2.75) is 46.6 Å². The van der Waals surface area contributed by atoms with Crippen molar-refractivity contribution < 1.29 is 0 Å². The Hall–Kier alpha value is -1.53. The lowest BCUT2D eigenvalue weighted by Gasteiger charge is -2.20. The molecule has 0 amide bonds. The van der Waals surface area contributed by atoms with E-state index in [4.69, 9.17) is 5.26 Å². The average molecular weight is 273 g/mol. The number of hydrogen-bond acceptors (Lipinski definition) is 3. The molecule has 0 aliphatic rings. The molecule has 0 aromatic heterocycles. The molecule has 3 nitrogen and oxygen atoms in total. The van der Waals surface area contributed by atoms with Gasteiger partial charge in [-0.25, -0.2) is 0 Å². The van der Waals surface area contributed by atoms with Crippen LogP contribution in [0.5, 0.6) is 0 Å². The van der Waals surface area contributed by atoms with Gasteiger partial charge in [0.25, 0.3) is 0 Å². The van der Waals surface area contributed by atoms with Gasteiger partial charge in [0.2, 0.25) is 0 Å². The molecule has 0 bridgehead atoms. The molecule has 0 saturated carbocycles. The largest absolute Gasteiger partial charge is 0.383 e. The Labute approximate surface area is 123 Å². The van der Waals surface area contributed by atoms with Crippen LogP contribution in [-0.2, 0) is 0 Å². The molecule has 0 radical (unpaired) electrons. The Bertz CT molecular complexity index is 444. The molecule has 0 heterocycles. The smallest absolute Gasteiger partial charge is 0.0994 e. The van der Waals surface area contributed by atoms with Crippen molar-refractivity contribution in [2.75, 3.05) is 25.0 Å². The third-order valence-corrected chi connectivity index (χ3v) is 3.77. The summed E-state index contributed by atoms with van der Waals surface area (Å²) in [5.74, 6) is 0.